The number of benzene rings is 1. The number of furan rings is 1. The van der Waals surface area contributed by atoms with Crippen molar-refractivity contribution in [3.63, 3.8) is 0 Å². The van der Waals surface area contributed by atoms with Gasteiger partial charge in [-0.1, -0.05) is 37.3 Å². The molecule has 1 aromatic carbocycles. The topological polar surface area (TPSA) is 62.5 Å². The van der Waals surface area contributed by atoms with Crippen molar-refractivity contribution in [1.82, 2.24) is 5.32 Å². The largest absolute Gasteiger partial charge is 0.467 e. The molecule has 0 radical (unpaired) electrons. The van der Waals surface area contributed by atoms with E-state index in [2.05, 4.69) is 24.4 Å². The van der Waals surface area contributed by atoms with Gasteiger partial charge in [0.2, 0.25) is 5.91 Å². The van der Waals surface area contributed by atoms with Crippen molar-refractivity contribution in [3.05, 3.63) is 60.1 Å². The van der Waals surface area contributed by atoms with E-state index in [9.17, 15) is 9.90 Å². The molecule has 2 rings (SSSR count). The summed E-state index contributed by atoms with van der Waals surface area (Å²) >= 11 is 0. The third kappa shape index (κ3) is 5.57. The van der Waals surface area contributed by atoms with Crippen molar-refractivity contribution in [1.29, 1.82) is 0 Å². The Hall–Kier alpha value is -2.07. The molecule has 0 aliphatic carbocycles. The number of carbonyl (C=O) groups is 1. The molecule has 0 spiro atoms. The van der Waals surface area contributed by atoms with E-state index >= 15 is 0 Å². The first-order valence-corrected chi connectivity index (χ1v) is 8.12. The highest BCUT2D eigenvalue weighted by molar-refractivity contribution is 5.76. The number of aliphatic hydroxyl groups excluding tert-OH is 1. The third-order valence-corrected chi connectivity index (χ3v) is 4.03. The summed E-state index contributed by atoms with van der Waals surface area (Å²) in [5.74, 6) is 0.904. The molecule has 4 heteroatoms. The van der Waals surface area contributed by atoms with Crippen molar-refractivity contribution in [3.8, 4) is 0 Å². The van der Waals surface area contributed by atoms with Crippen LogP contribution in [0.15, 0.2) is 53.1 Å². The van der Waals surface area contributed by atoms with Crippen LogP contribution in [0.25, 0.3) is 0 Å². The Morgan fingerprint density at radius 2 is 1.91 bits per heavy atom. The first-order valence-electron chi connectivity index (χ1n) is 8.12. The molecule has 0 fully saturated rings. The number of hydrogen-bond acceptors (Lipinski definition) is 3. The van der Waals surface area contributed by atoms with Crippen LogP contribution in [0.2, 0.25) is 0 Å². The molecule has 1 heterocycles. The van der Waals surface area contributed by atoms with E-state index in [0.29, 0.717) is 24.5 Å². The summed E-state index contributed by atoms with van der Waals surface area (Å²) in [6.07, 6.45) is 2.57. The lowest BCUT2D eigenvalue weighted by Gasteiger charge is -2.17. The lowest BCUT2D eigenvalue weighted by Crippen LogP contribution is -2.33. The Morgan fingerprint density at radius 3 is 2.57 bits per heavy atom. The summed E-state index contributed by atoms with van der Waals surface area (Å²) in [5.41, 5.74) is 1.25. The van der Waals surface area contributed by atoms with E-state index in [1.807, 2.05) is 25.1 Å². The lowest BCUT2D eigenvalue weighted by atomic mass is 9.96. The van der Waals surface area contributed by atoms with Crippen molar-refractivity contribution in [2.24, 2.45) is 0 Å². The Labute approximate surface area is 137 Å². The van der Waals surface area contributed by atoms with Crippen LogP contribution in [-0.4, -0.2) is 17.1 Å². The number of amides is 1. The SMILES string of the molecule is CC(CC(O)c1ccco1)NC(=O)CCC(C)c1ccccc1. The van der Waals surface area contributed by atoms with Crippen LogP contribution >= 0.6 is 0 Å². The van der Waals surface area contributed by atoms with E-state index in [4.69, 9.17) is 4.42 Å². The zero-order chi connectivity index (χ0) is 16.7. The fourth-order valence-corrected chi connectivity index (χ4v) is 2.63. The van der Waals surface area contributed by atoms with Gasteiger partial charge in [-0.3, -0.25) is 4.79 Å². The van der Waals surface area contributed by atoms with Gasteiger partial charge in [-0.05, 0) is 37.0 Å². The molecular formula is C19H25NO3. The monoisotopic (exact) mass is 315 g/mol. The van der Waals surface area contributed by atoms with Crippen molar-refractivity contribution < 1.29 is 14.3 Å². The maximum atomic E-state index is 12.0. The van der Waals surface area contributed by atoms with Gasteiger partial charge >= 0.3 is 0 Å². The van der Waals surface area contributed by atoms with Crippen LogP contribution in [0.3, 0.4) is 0 Å². The summed E-state index contributed by atoms with van der Waals surface area (Å²) in [7, 11) is 0. The molecule has 0 aliphatic heterocycles. The number of rotatable bonds is 8. The maximum Gasteiger partial charge on any atom is 0.220 e. The van der Waals surface area contributed by atoms with Crippen LogP contribution in [0.1, 0.15) is 56.5 Å². The van der Waals surface area contributed by atoms with Gasteiger partial charge in [0, 0.05) is 18.9 Å². The highest BCUT2D eigenvalue weighted by atomic mass is 16.4. The van der Waals surface area contributed by atoms with Crippen LogP contribution in [0.5, 0.6) is 0 Å². The van der Waals surface area contributed by atoms with E-state index in [1.54, 1.807) is 12.1 Å². The van der Waals surface area contributed by atoms with Gasteiger partial charge in [0.05, 0.1) is 6.26 Å². The summed E-state index contributed by atoms with van der Waals surface area (Å²) in [5, 5.41) is 13.0. The molecule has 3 atom stereocenters. The summed E-state index contributed by atoms with van der Waals surface area (Å²) < 4.78 is 5.17. The minimum atomic E-state index is -0.691. The third-order valence-electron chi connectivity index (χ3n) is 4.03. The first-order chi connectivity index (χ1) is 11.1. The second-order valence-electron chi connectivity index (χ2n) is 6.09. The van der Waals surface area contributed by atoms with Gasteiger partial charge in [0.1, 0.15) is 11.9 Å². The molecule has 124 valence electrons. The summed E-state index contributed by atoms with van der Waals surface area (Å²) in [6, 6.07) is 13.6. The molecule has 1 aromatic heterocycles. The van der Waals surface area contributed by atoms with Gasteiger partial charge in [0.25, 0.3) is 0 Å². The average molecular weight is 315 g/mol. The predicted molar refractivity (Wildman–Crippen MR) is 90.0 cm³/mol. The van der Waals surface area contributed by atoms with Gasteiger partial charge in [-0.25, -0.2) is 0 Å². The molecule has 1 amide bonds. The first kappa shape index (κ1) is 17.3. The number of hydrogen-bond donors (Lipinski definition) is 2. The van der Waals surface area contributed by atoms with Gasteiger partial charge in [-0.2, -0.15) is 0 Å². The molecular weight excluding hydrogens is 290 g/mol. The van der Waals surface area contributed by atoms with Gasteiger partial charge < -0.3 is 14.8 Å². The Balaban J connectivity index is 1.72. The smallest absolute Gasteiger partial charge is 0.220 e. The number of carbonyl (C=O) groups excluding carboxylic acids is 1. The normalized spacial score (nSPS) is 14.9. The van der Waals surface area contributed by atoms with E-state index in [-0.39, 0.29) is 11.9 Å². The number of nitrogens with one attached hydrogen (secondary N) is 1. The molecule has 3 unspecified atom stereocenters. The molecule has 23 heavy (non-hydrogen) atoms. The fourth-order valence-electron chi connectivity index (χ4n) is 2.63. The van der Waals surface area contributed by atoms with Gasteiger partial charge in [0.15, 0.2) is 0 Å². The van der Waals surface area contributed by atoms with Crippen molar-refractivity contribution in [2.75, 3.05) is 0 Å². The predicted octanol–water partition coefficient (Wildman–Crippen LogP) is 3.79. The van der Waals surface area contributed by atoms with Crippen LogP contribution in [0.4, 0.5) is 0 Å². The Morgan fingerprint density at radius 1 is 1.17 bits per heavy atom. The summed E-state index contributed by atoms with van der Waals surface area (Å²) in [6.45, 7) is 4.03. The second-order valence-corrected chi connectivity index (χ2v) is 6.09. The molecule has 2 N–H and O–H groups in total. The molecule has 2 aromatic rings. The van der Waals surface area contributed by atoms with Crippen molar-refractivity contribution in [2.45, 2.75) is 51.2 Å². The van der Waals surface area contributed by atoms with Crippen LogP contribution in [-0.2, 0) is 4.79 Å². The molecule has 0 saturated carbocycles. The zero-order valence-corrected chi connectivity index (χ0v) is 13.7. The Bertz CT molecular complexity index is 580. The average Bonchev–Trinajstić information content (AvgIpc) is 3.08. The van der Waals surface area contributed by atoms with Crippen LogP contribution in [0, 0.1) is 0 Å². The van der Waals surface area contributed by atoms with Crippen molar-refractivity contribution >= 4 is 5.91 Å². The van der Waals surface area contributed by atoms with Gasteiger partial charge in [-0.15, -0.1) is 0 Å². The second kappa shape index (κ2) is 8.53. The maximum absolute atomic E-state index is 12.0. The molecule has 0 bridgehead atoms. The number of aliphatic hydroxyl groups is 1. The summed E-state index contributed by atoms with van der Waals surface area (Å²) in [4.78, 5) is 12.0. The Kier molecular flexibility index (Phi) is 6.41. The van der Waals surface area contributed by atoms with E-state index in [0.717, 1.165) is 6.42 Å². The molecule has 0 saturated heterocycles. The van der Waals surface area contributed by atoms with E-state index in [1.165, 1.54) is 11.8 Å². The lowest BCUT2D eigenvalue weighted by molar-refractivity contribution is -0.122. The zero-order valence-electron chi connectivity index (χ0n) is 13.7. The highest BCUT2D eigenvalue weighted by Gasteiger charge is 2.16. The van der Waals surface area contributed by atoms with Crippen LogP contribution < -0.4 is 5.32 Å². The minimum Gasteiger partial charge on any atom is -0.467 e. The fraction of sp³-hybridized carbons (Fsp3) is 0.421. The quantitative estimate of drug-likeness (QED) is 0.779. The minimum absolute atomic E-state index is 0.0203. The molecule has 4 nitrogen and oxygen atoms in total. The standard InChI is InChI=1S/C19H25NO3/c1-14(16-7-4-3-5-8-16)10-11-19(22)20-15(2)13-17(21)18-9-6-12-23-18/h3-9,12,14-15,17,21H,10-11,13H2,1-2H3,(H,20,22). The highest BCUT2D eigenvalue weighted by Crippen LogP contribution is 2.21. The molecule has 0 aliphatic rings. The van der Waals surface area contributed by atoms with E-state index < -0.39 is 6.10 Å².